The van der Waals surface area contributed by atoms with E-state index in [1.807, 2.05) is 18.4 Å². The maximum absolute atomic E-state index is 12.4. The molecule has 0 atom stereocenters. The number of carbonyl (C=O) groups is 1. The van der Waals surface area contributed by atoms with Crippen LogP contribution < -0.4 is 10.1 Å². The fourth-order valence-corrected chi connectivity index (χ4v) is 3.08. The second-order valence-corrected chi connectivity index (χ2v) is 6.60. The van der Waals surface area contributed by atoms with Crippen LogP contribution in [0.2, 0.25) is 0 Å². The molecule has 8 nitrogen and oxygen atoms in total. The third kappa shape index (κ3) is 4.09. The summed E-state index contributed by atoms with van der Waals surface area (Å²) in [7, 11) is 0. The number of amides is 1. The van der Waals surface area contributed by atoms with Crippen molar-refractivity contribution in [2.75, 3.05) is 5.32 Å². The summed E-state index contributed by atoms with van der Waals surface area (Å²) in [6.07, 6.45) is 2.26. The molecule has 1 aromatic carbocycles. The van der Waals surface area contributed by atoms with E-state index in [9.17, 15) is 4.79 Å². The Balaban J connectivity index is 1.34. The molecule has 0 radical (unpaired) electrons. The van der Waals surface area contributed by atoms with Crippen LogP contribution in [0.1, 0.15) is 29.0 Å². The zero-order chi connectivity index (χ0) is 19.3. The van der Waals surface area contributed by atoms with Crippen molar-refractivity contribution in [3.05, 3.63) is 65.3 Å². The van der Waals surface area contributed by atoms with Crippen molar-refractivity contribution in [3.63, 3.8) is 0 Å². The molecule has 3 heterocycles. The van der Waals surface area contributed by atoms with Crippen LogP contribution in [-0.4, -0.2) is 21.0 Å². The van der Waals surface area contributed by atoms with E-state index in [4.69, 9.17) is 13.7 Å². The molecule has 1 N–H and O–H groups in total. The first-order valence-electron chi connectivity index (χ1n) is 8.56. The summed E-state index contributed by atoms with van der Waals surface area (Å²) >= 11 is 1.33. The maximum atomic E-state index is 12.4. The average Bonchev–Trinajstić information content (AvgIpc) is 3.47. The van der Waals surface area contributed by atoms with Crippen LogP contribution in [0.5, 0.6) is 5.75 Å². The van der Waals surface area contributed by atoms with Crippen molar-refractivity contribution in [1.29, 1.82) is 0 Å². The number of anilines is 1. The van der Waals surface area contributed by atoms with Crippen LogP contribution in [0.15, 0.2) is 57.0 Å². The predicted molar refractivity (Wildman–Crippen MR) is 102 cm³/mol. The van der Waals surface area contributed by atoms with E-state index < -0.39 is 0 Å². The minimum Gasteiger partial charge on any atom is -0.485 e. The Hall–Kier alpha value is -3.46. The van der Waals surface area contributed by atoms with E-state index in [0.29, 0.717) is 46.0 Å². The van der Waals surface area contributed by atoms with Crippen molar-refractivity contribution in [3.8, 4) is 17.2 Å². The van der Waals surface area contributed by atoms with Crippen LogP contribution in [0.4, 0.5) is 5.13 Å². The second-order valence-electron chi connectivity index (χ2n) is 5.74. The first-order chi connectivity index (χ1) is 13.7. The highest BCUT2D eigenvalue weighted by Crippen LogP contribution is 2.25. The van der Waals surface area contributed by atoms with E-state index in [-0.39, 0.29) is 12.5 Å². The van der Waals surface area contributed by atoms with Crippen molar-refractivity contribution < 1.29 is 18.5 Å². The van der Waals surface area contributed by atoms with Gasteiger partial charge in [0.1, 0.15) is 11.4 Å². The lowest BCUT2D eigenvalue weighted by molar-refractivity contribution is 0.102. The molecule has 4 aromatic rings. The second kappa shape index (κ2) is 8.05. The molecule has 0 aliphatic rings. The van der Waals surface area contributed by atoms with Crippen molar-refractivity contribution >= 4 is 22.4 Å². The van der Waals surface area contributed by atoms with E-state index in [1.165, 1.54) is 11.3 Å². The van der Waals surface area contributed by atoms with Gasteiger partial charge in [-0.2, -0.15) is 4.98 Å². The molecule has 1 amide bonds. The highest BCUT2D eigenvalue weighted by atomic mass is 32.1. The van der Waals surface area contributed by atoms with Gasteiger partial charge in [-0.1, -0.05) is 12.1 Å². The minimum absolute atomic E-state index is 0.198. The van der Waals surface area contributed by atoms with Crippen molar-refractivity contribution in [2.45, 2.75) is 20.0 Å². The molecule has 4 rings (SSSR count). The SMILES string of the molecule is CCc1nc(COc2ccc(C(=O)Nc3nc(-c4ccco4)cs3)cc2)no1. The molecule has 0 unspecified atom stereocenters. The Morgan fingerprint density at radius 1 is 1.21 bits per heavy atom. The van der Waals surface area contributed by atoms with Gasteiger partial charge in [-0.05, 0) is 36.4 Å². The van der Waals surface area contributed by atoms with Crippen molar-refractivity contribution in [2.24, 2.45) is 0 Å². The van der Waals surface area contributed by atoms with Gasteiger partial charge < -0.3 is 13.7 Å². The molecular weight excluding hydrogens is 380 g/mol. The first kappa shape index (κ1) is 17.9. The normalized spacial score (nSPS) is 10.8. The van der Waals surface area contributed by atoms with E-state index >= 15 is 0 Å². The molecule has 0 fully saturated rings. The van der Waals surface area contributed by atoms with Gasteiger partial charge >= 0.3 is 0 Å². The average molecular weight is 396 g/mol. The number of rotatable bonds is 7. The quantitative estimate of drug-likeness (QED) is 0.500. The van der Waals surface area contributed by atoms with Gasteiger partial charge in [-0.3, -0.25) is 10.1 Å². The number of aryl methyl sites for hydroxylation is 1. The number of furan rings is 1. The number of hydrogen-bond donors (Lipinski definition) is 1. The van der Waals surface area contributed by atoms with E-state index in [2.05, 4.69) is 20.4 Å². The summed E-state index contributed by atoms with van der Waals surface area (Å²) in [6.45, 7) is 2.13. The molecule has 0 aliphatic heterocycles. The van der Waals surface area contributed by atoms with E-state index in [1.54, 1.807) is 36.6 Å². The number of hydrogen-bond acceptors (Lipinski definition) is 8. The van der Waals surface area contributed by atoms with Gasteiger partial charge in [-0.25, -0.2) is 4.98 Å². The van der Waals surface area contributed by atoms with Gasteiger partial charge in [0.25, 0.3) is 5.91 Å². The Morgan fingerprint density at radius 2 is 2.07 bits per heavy atom. The number of nitrogens with one attached hydrogen (secondary N) is 1. The molecule has 9 heteroatoms. The lowest BCUT2D eigenvalue weighted by Crippen LogP contribution is -2.11. The third-order valence-corrected chi connectivity index (χ3v) is 4.55. The zero-order valence-corrected chi connectivity index (χ0v) is 15.7. The number of carbonyl (C=O) groups excluding carboxylic acids is 1. The van der Waals surface area contributed by atoms with Gasteiger partial charge in [0, 0.05) is 17.4 Å². The summed E-state index contributed by atoms with van der Waals surface area (Å²) in [5.41, 5.74) is 1.18. The monoisotopic (exact) mass is 396 g/mol. The lowest BCUT2D eigenvalue weighted by atomic mass is 10.2. The first-order valence-corrected chi connectivity index (χ1v) is 9.44. The fourth-order valence-electron chi connectivity index (χ4n) is 2.38. The molecule has 142 valence electrons. The number of nitrogens with zero attached hydrogens (tertiary/aromatic N) is 3. The molecule has 0 saturated heterocycles. The molecule has 28 heavy (non-hydrogen) atoms. The fraction of sp³-hybridized carbons (Fsp3) is 0.158. The lowest BCUT2D eigenvalue weighted by Gasteiger charge is -2.05. The highest BCUT2D eigenvalue weighted by Gasteiger charge is 2.12. The molecule has 3 aromatic heterocycles. The number of thiazole rings is 1. The Kier molecular flexibility index (Phi) is 5.16. The van der Waals surface area contributed by atoms with Crippen LogP contribution in [0, 0.1) is 0 Å². The topological polar surface area (TPSA) is 103 Å². The summed E-state index contributed by atoms with van der Waals surface area (Å²) in [5, 5.41) is 8.94. The van der Waals surface area contributed by atoms with Crippen LogP contribution in [0.3, 0.4) is 0 Å². The van der Waals surface area contributed by atoms with Crippen LogP contribution in [0.25, 0.3) is 11.5 Å². The zero-order valence-electron chi connectivity index (χ0n) is 14.9. The van der Waals surface area contributed by atoms with Crippen LogP contribution >= 0.6 is 11.3 Å². The largest absolute Gasteiger partial charge is 0.485 e. The Morgan fingerprint density at radius 3 is 2.79 bits per heavy atom. The molecular formula is C19H16N4O4S. The number of aromatic nitrogens is 3. The highest BCUT2D eigenvalue weighted by molar-refractivity contribution is 7.14. The van der Waals surface area contributed by atoms with E-state index in [0.717, 1.165) is 0 Å². The Labute approximate surface area is 164 Å². The Bertz CT molecular complexity index is 1050. The number of benzene rings is 1. The van der Waals surface area contributed by atoms with Gasteiger partial charge in [0.05, 0.1) is 6.26 Å². The third-order valence-electron chi connectivity index (χ3n) is 3.80. The summed E-state index contributed by atoms with van der Waals surface area (Å²) in [6, 6.07) is 10.4. The predicted octanol–water partition coefficient (Wildman–Crippen LogP) is 4.18. The smallest absolute Gasteiger partial charge is 0.257 e. The van der Waals surface area contributed by atoms with Gasteiger partial charge in [0.2, 0.25) is 11.7 Å². The standard InChI is InChI=1S/C19H16N4O4S/c1-2-17-21-16(23-27-17)10-26-13-7-5-12(6-8-13)18(24)22-19-20-14(11-28-19)15-4-3-9-25-15/h3-9,11H,2,10H2,1H3,(H,20,22,24). The van der Waals surface area contributed by atoms with Crippen molar-refractivity contribution in [1.82, 2.24) is 15.1 Å². The molecule has 0 saturated carbocycles. The van der Waals surface area contributed by atoms with Gasteiger partial charge in [-0.15, -0.1) is 11.3 Å². The summed E-state index contributed by atoms with van der Waals surface area (Å²) < 4.78 is 15.9. The summed E-state index contributed by atoms with van der Waals surface area (Å²) in [4.78, 5) is 20.9. The maximum Gasteiger partial charge on any atom is 0.257 e. The molecule has 0 spiro atoms. The number of ether oxygens (including phenoxy) is 1. The summed E-state index contributed by atoms with van der Waals surface area (Å²) in [5.74, 6) is 2.06. The molecule has 0 aliphatic carbocycles. The van der Waals surface area contributed by atoms with Crippen LogP contribution in [-0.2, 0) is 13.0 Å². The van der Waals surface area contributed by atoms with Gasteiger partial charge in [0.15, 0.2) is 17.5 Å². The molecule has 0 bridgehead atoms. The minimum atomic E-state index is -0.252.